The number of carbonyl (C=O) groups is 1. The average molecular weight is 309 g/mol. The Kier molecular flexibility index (Phi) is 5.45. The van der Waals surface area contributed by atoms with Crippen LogP contribution in [0.5, 0.6) is 0 Å². The zero-order chi connectivity index (χ0) is 15.5. The van der Waals surface area contributed by atoms with Crippen molar-refractivity contribution in [2.45, 2.75) is 31.5 Å². The number of piperazine rings is 1. The molecule has 8 heteroatoms. The van der Waals surface area contributed by atoms with Crippen LogP contribution in [0.3, 0.4) is 0 Å². The Morgan fingerprint density at radius 1 is 1.24 bits per heavy atom. The van der Waals surface area contributed by atoms with Gasteiger partial charge in [-0.25, -0.2) is 4.79 Å². The van der Waals surface area contributed by atoms with E-state index in [1.54, 1.807) is 0 Å². The van der Waals surface area contributed by atoms with Crippen LogP contribution >= 0.6 is 0 Å². The first-order chi connectivity index (χ1) is 9.84. The number of halogens is 3. The Morgan fingerprint density at radius 3 is 2.52 bits per heavy atom. The van der Waals surface area contributed by atoms with E-state index in [2.05, 4.69) is 27.2 Å². The molecule has 21 heavy (non-hydrogen) atoms. The summed E-state index contributed by atoms with van der Waals surface area (Å²) in [5.74, 6) is -1.72. The van der Waals surface area contributed by atoms with Gasteiger partial charge < -0.3 is 14.6 Å². The molecule has 2 aliphatic rings. The Labute approximate surface area is 122 Å². The Hall–Kier alpha value is -0.860. The van der Waals surface area contributed by atoms with Crippen LogP contribution in [0.4, 0.5) is 13.2 Å². The summed E-state index contributed by atoms with van der Waals surface area (Å²) >= 11 is 0. The van der Waals surface area contributed by atoms with Gasteiger partial charge in [0.25, 0.3) is 0 Å². The summed E-state index contributed by atoms with van der Waals surface area (Å²) in [5, 5.41) is 0. The minimum absolute atomic E-state index is 0.172. The van der Waals surface area contributed by atoms with Gasteiger partial charge >= 0.3 is 12.1 Å². The molecule has 122 valence electrons. The van der Waals surface area contributed by atoms with Crippen molar-refractivity contribution >= 4 is 5.97 Å². The highest BCUT2D eigenvalue weighted by Crippen LogP contribution is 2.27. The average Bonchev–Trinajstić information content (AvgIpc) is 2.85. The third kappa shape index (κ3) is 5.12. The molecule has 0 aromatic rings. The maximum absolute atomic E-state index is 12.0. The van der Waals surface area contributed by atoms with Gasteiger partial charge in [-0.1, -0.05) is 0 Å². The van der Waals surface area contributed by atoms with Crippen molar-refractivity contribution in [3.63, 3.8) is 0 Å². The van der Waals surface area contributed by atoms with Gasteiger partial charge in [0.05, 0.1) is 0 Å². The highest BCUT2D eigenvalue weighted by molar-refractivity contribution is 5.75. The maximum atomic E-state index is 12.0. The molecule has 0 radical (unpaired) electrons. The zero-order valence-corrected chi connectivity index (χ0v) is 12.2. The van der Waals surface area contributed by atoms with E-state index in [1.165, 1.54) is 0 Å². The molecule has 0 amide bonds. The Bertz CT molecular complexity index is 357. The summed E-state index contributed by atoms with van der Waals surface area (Å²) in [6, 6.07) is -0.172. The highest BCUT2D eigenvalue weighted by atomic mass is 19.4. The monoisotopic (exact) mass is 309 g/mol. The van der Waals surface area contributed by atoms with Gasteiger partial charge in [0.2, 0.25) is 0 Å². The van der Waals surface area contributed by atoms with E-state index >= 15 is 0 Å². The van der Waals surface area contributed by atoms with E-state index < -0.39 is 12.1 Å². The lowest BCUT2D eigenvalue weighted by molar-refractivity contribution is -0.208. The topological polar surface area (TPSA) is 44.8 Å². The van der Waals surface area contributed by atoms with E-state index in [-0.39, 0.29) is 6.04 Å². The van der Waals surface area contributed by atoms with Crippen LogP contribution in [-0.2, 0) is 9.63 Å². The summed E-state index contributed by atoms with van der Waals surface area (Å²) < 4.78 is 36.0. The zero-order valence-electron chi connectivity index (χ0n) is 12.2. The van der Waals surface area contributed by atoms with Gasteiger partial charge in [0.1, 0.15) is 0 Å². The van der Waals surface area contributed by atoms with E-state index in [1.807, 2.05) is 0 Å². The minimum atomic E-state index is -4.94. The lowest BCUT2D eigenvalue weighted by Crippen LogP contribution is -2.46. The lowest BCUT2D eigenvalue weighted by Gasteiger charge is -2.33. The van der Waals surface area contributed by atoms with Crippen LogP contribution in [0.1, 0.15) is 19.3 Å². The number of likely N-dealkylation sites (N-methyl/N-ethyl adjacent to an activating group) is 1. The molecule has 1 aliphatic carbocycles. The number of hydroxylamine groups is 1. The van der Waals surface area contributed by atoms with Gasteiger partial charge in [-0.15, -0.1) is 5.48 Å². The first kappa shape index (κ1) is 16.5. The van der Waals surface area contributed by atoms with E-state index in [9.17, 15) is 18.0 Å². The fourth-order valence-corrected chi connectivity index (χ4v) is 2.94. The molecular weight excluding hydrogens is 287 g/mol. The third-order valence-corrected chi connectivity index (χ3v) is 4.20. The predicted molar refractivity (Wildman–Crippen MR) is 70.3 cm³/mol. The van der Waals surface area contributed by atoms with Crippen molar-refractivity contribution in [1.82, 2.24) is 15.3 Å². The second kappa shape index (κ2) is 6.93. The first-order valence-corrected chi connectivity index (χ1v) is 7.29. The summed E-state index contributed by atoms with van der Waals surface area (Å²) in [6.45, 7) is 5.15. The standard InChI is InChI=1S/C13H22F3N3O2/c1-18-4-6-19(7-5-18)9-10-2-3-11(8-10)17-21-12(20)13(14,15)16/h10-11,17H,2-9H2,1H3/t10-,11-/m0/s1. The number of alkyl halides is 3. The van der Waals surface area contributed by atoms with Gasteiger partial charge in [-0.3, -0.25) is 0 Å². The molecule has 1 saturated heterocycles. The van der Waals surface area contributed by atoms with Crippen LogP contribution in [0.2, 0.25) is 0 Å². The first-order valence-electron chi connectivity index (χ1n) is 7.29. The smallest absolute Gasteiger partial charge is 0.363 e. The molecule has 2 atom stereocenters. The fourth-order valence-electron chi connectivity index (χ4n) is 2.94. The molecule has 0 aromatic heterocycles. The number of nitrogens with one attached hydrogen (secondary N) is 1. The molecule has 0 unspecified atom stereocenters. The van der Waals surface area contributed by atoms with Gasteiger partial charge in [-0.05, 0) is 32.2 Å². The molecule has 5 nitrogen and oxygen atoms in total. The largest absolute Gasteiger partial charge is 0.492 e. The van der Waals surface area contributed by atoms with Crippen molar-refractivity contribution in [1.29, 1.82) is 0 Å². The summed E-state index contributed by atoms with van der Waals surface area (Å²) in [6.07, 6.45) is -2.50. The maximum Gasteiger partial charge on any atom is 0.492 e. The number of nitrogens with zero attached hydrogens (tertiary/aromatic N) is 2. The van der Waals surface area contributed by atoms with Gasteiger partial charge in [-0.2, -0.15) is 13.2 Å². The number of hydrogen-bond donors (Lipinski definition) is 1. The van der Waals surface area contributed by atoms with Crippen molar-refractivity contribution in [2.75, 3.05) is 39.8 Å². The summed E-state index contributed by atoms with van der Waals surface area (Å²) in [7, 11) is 2.10. The molecule has 1 saturated carbocycles. The minimum Gasteiger partial charge on any atom is -0.363 e. The van der Waals surface area contributed by atoms with Crippen molar-refractivity contribution in [3.05, 3.63) is 0 Å². The molecular formula is C13H22F3N3O2. The molecule has 1 aliphatic heterocycles. The van der Waals surface area contributed by atoms with Crippen LogP contribution in [-0.4, -0.2) is 67.8 Å². The third-order valence-electron chi connectivity index (χ3n) is 4.20. The second-order valence-corrected chi connectivity index (χ2v) is 5.99. The quantitative estimate of drug-likeness (QED) is 0.786. The van der Waals surface area contributed by atoms with E-state index in [0.717, 1.165) is 52.0 Å². The molecule has 2 fully saturated rings. The van der Waals surface area contributed by atoms with E-state index in [0.29, 0.717) is 5.92 Å². The SMILES string of the molecule is CN1CCN(C[C@H]2CC[C@H](NOC(=O)C(F)(F)F)C2)CC1. The molecule has 0 bridgehead atoms. The van der Waals surface area contributed by atoms with Crippen LogP contribution < -0.4 is 5.48 Å². The predicted octanol–water partition coefficient (Wildman–Crippen LogP) is 1.01. The van der Waals surface area contributed by atoms with Crippen molar-refractivity contribution in [2.24, 2.45) is 5.92 Å². The summed E-state index contributed by atoms with van der Waals surface area (Å²) in [5.41, 5.74) is 2.27. The van der Waals surface area contributed by atoms with Crippen molar-refractivity contribution in [3.8, 4) is 0 Å². The Morgan fingerprint density at radius 2 is 1.90 bits per heavy atom. The van der Waals surface area contributed by atoms with Gasteiger partial charge in [0.15, 0.2) is 0 Å². The number of hydrogen-bond acceptors (Lipinski definition) is 5. The molecule has 1 heterocycles. The van der Waals surface area contributed by atoms with E-state index in [4.69, 9.17) is 0 Å². The van der Waals surface area contributed by atoms with Crippen molar-refractivity contribution < 1.29 is 22.8 Å². The normalized spacial score (nSPS) is 28.8. The van der Waals surface area contributed by atoms with Crippen LogP contribution in [0.15, 0.2) is 0 Å². The molecule has 0 aromatic carbocycles. The second-order valence-electron chi connectivity index (χ2n) is 5.99. The highest BCUT2D eigenvalue weighted by Gasteiger charge is 2.42. The fraction of sp³-hybridized carbons (Fsp3) is 0.923. The molecule has 1 N–H and O–H groups in total. The van der Waals surface area contributed by atoms with Gasteiger partial charge in [0, 0.05) is 38.8 Å². The Balaban J connectivity index is 1.65. The van der Waals surface area contributed by atoms with Crippen LogP contribution in [0.25, 0.3) is 0 Å². The molecule has 2 rings (SSSR count). The summed E-state index contributed by atoms with van der Waals surface area (Å²) in [4.78, 5) is 19.4. The molecule has 0 spiro atoms. The number of rotatable bonds is 4. The van der Waals surface area contributed by atoms with Crippen LogP contribution in [0, 0.1) is 5.92 Å². The number of carbonyl (C=O) groups excluding carboxylic acids is 1. The lowest BCUT2D eigenvalue weighted by atomic mass is 10.1.